The summed E-state index contributed by atoms with van der Waals surface area (Å²) in [6.07, 6.45) is 4.22. The van der Waals surface area contributed by atoms with Crippen LogP contribution in [0.3, 0.4) is 0 Å². The molecule has 0 radical (unpaired) electrons. The van der Waals surface area contributed by atoms with Gasteiger partial charge in [-0.25, -0.2) is 8.42 Å². The average Bonchev–Trinajstić information content (AvgIpc) is 2.32. The Morgan fingerprint density at radius 2 is 1.91 bits per heavy atom. The summed E-state index contributed by atoms with van der Waals surface area (Å²) in [7, 11) is -2.90. The largest absolute Gasteiger partial charge is 0.229 e. The molecule has 0 unspecified atom stereocenters. The molecule has 5 nitrogen and oxygen atoms in total. The Hall–Kier alpha value is -0.910. The molecule has 1 heterocycles. The van der Waals surface area contributed by atoms with Crippen LogP contribution in [-0.4, -0.2) is 35.4 Å². The second-order valence-electron chi connectivity index (χ2n) is 2.25. The maximum atomic E-state index is 10.7. The van der Waals surface area contributed by atoms with Crippen LogP contribution in [0.2, 0.25) is 0 Å². The molecule has 6 heteroatoms. The van der Waals surface area contributed by atoms with E-state index in [4.69, 9.17) is 0 Å². The SMILES string of the molecule is CS(=O)(=O)CCn1nccn1. The van der Waals surface area contributed by atoms with Crippen molar-refractivity contribution in [1.29, 1.82) is 0 Å². The van der Waals surface area contributed by atoms with Gasteiger partial charge in [0.2, 0.25) is 0 Å². The highest BCUT2D eigenvalue weighted by molar-refractivity contribution is 7.90. The zero-order valence-electron chi connectivity index (χ0n) is 6.14. The van der Waals surface area contributed by atoms with Crippen LogP contribution in [0.5, 0.6) is 0 Å². The second-order valence-corrected chi connectivity index (χ2v) is 4.51. The molecule has 1 aromatic heterocycles. The van der Waals surface area contributed by atoms with Crippen molar-refractivity contribution in [1.82, 2.24) is 15.0 Å². The molecule has 1 rings (SSSR count). The van der Waals surface area contributed by atoms with Crippen LogP contribution in [0.4, 0.5) is 0 Å². The van der Waals surface area contributed by atoms with Crippen molar-refractivity contribution in [2.45, 2.75) is 6.54 Å². The van der Waals surface area contributed by atoms with Crippen molar-refractivity contribution in [3.63, 3.8) is 0 Å². The summed E-state index contributed by atoms with van der Waals surface area (Å²) >= 11 is 0. The summed E-state index contributed by atoms with van der Waals surface area (Å²) in [5, 5.41) is 7.52. The van der Waals surface area contributed by atoms with E-state index in [9.17, 15) is 8.42 Å². The lowest BCUT2D eigenvalue weighted by atomic mass is 10.8. The predicted octanol–water partition coefficient (Wildman–Crippen LogP) is -0.677. The standard InChI is InChI=1S/C5H9N3O2S/c1-11(9,10)5-4-8-6-2-3-7-8/h2-3H,4-5H2,1H3. The second kappa shape index (κ2) is 3.00. The Labute approximate surface area is 64.9 Å². The molecule has 1 aromatic rings. The number of hydrogen-bond acceptors (Lipinski definition) is 4. The van der Waals surface area contributed by atoms with Crippen LogP contribution in [0.1, 0.15) is 0 Å². The van der Waals surface area contributed by atoms with Gasteiger partial charge in [-0.2, -0.15) is 15.0 Å². The third kappa shape index (κ3) is 3.13. The van der Waals surface area contributed by atoms with Crippen LogP contribution >= 0.6 is 0 Å². The molecular formula is C5H9N3O2S. The van der Waals surface area contributed by atoms with Crippen molar-refractivity contribution in [3.8, 4) is 0 Å². The van der Waals surface area contributed by atoms with Crippen molar-refractivity contribution in [2.75, 3.05) is 12.0 Å². The van der Waals surface area contributed by atoms with Gasteiger partial charge in [0, 0.05) is 6.26 Å². The first kappa shape index (κ1) is 8.19. The van der Waals surface area contributed by atoms with Crippen LogP contribution in [-0.2, 0) is 16.4 Å². The molecule has 62 valence electrons. The van der Waals surface area contributed by atoms with E-state index >= 15 is 0 Å². The van der Waals surface area contributed by atoms with E-state index in [0.29, 0.717) is 6.54 Å². The first-order chi connectivity index (χ1) is 5.08. The number of hydrogen-bond donors (Lipinski definition) is 0. The minimum absolute atomic E-state index is 0.0850. The molecule has 0 spiro atoms. The topological polar surface area (TPSA) is 64.8 Å². The highest BCUT2D eigenvalue weighted by atomic mass is 32.2. The summed E-state index contributed by atoms with van der Waals surface area (Å²) in [5.74, 6) is 0.0850. The average molecular weight is 175 g/mol. The molecule has 0 amide bonds. The van der Waals surface area contributed by atoms with Crippen molar-refractivity contribution < 1.29 is 8.42 Å². The summed E-state index contributed by atoms with van der Waals surface area (Å²) in [6.45, 7) is 0.325. The van der Waals surface area contributed by atoms with Gasteiger partial charge < -0.3 is 0 Å². The number of sulfone groups is 1. The number of aromatic nitrogens is 3. The first-order valence-electron chi connectivity index (χ1n) is 3.10. The van der Waals surface area contributed by atoms with Crippen LogP contribution in [0, 0.1) is 0 Å². The van der Waals surface area contributed by atoms with Crippen molar-refractivity contribution >= 4 is 9.84 Å². The Balaban J connectivity index is 2.48. The van der Waals surface area contributed by atoms with Gasteiger partial charge in [-0.3, -0.25) is 0 Å². The van der Waals surface area contributed by atoms with E-state index in [1.807, 2.05) is 0 Å². The zero-order valence-corrected chi connectivity index (χ0v) is 6.95. The summed E-state index contributed by atoms with van der Waals surface area (Å²) in [6, 6.07) is 0. The first-order valence-corrected chi connectivity index (χ1v) is 5.16. The molecule has 0 atom stereocenters. The Morgan fingerprint density at radius 1 is 1.36 bits per heavy atom. The molecule has 0 fully saturated rings. The molecule has 0 aliphatic heterocycles. The lowest BCUT2D eigenvalue weighted by molar-refractivity contribution is 0.551. The lowest BCUT2D eigenvalue weighted by Gasteiger charge is -1.96. The van der Waals surface area contributed by atoms with Gasteiger partial charge in [0.1, 0.15) is 9.84 Å². The monoisotopic (exact) mass is 175 g/mol. The maximum Gasteiger partial charge on any atom is 0.149 e. The third-order valence-electron chi connectivity index (χ3n) is 1.13. The Morgan fingerprint density at radius 3 is 2.36 bits per heavy atom. The van der Waals surface area contributed by atoms with E-state index in [0.717, 1.165) is 0 Å². The number of aryl methyl sites for hydroxylation is 1. The van der Waals surface area contributed by atoms with E-state index in [-0.39, 0.29) is 5.75 Å². The Bertz CT molecular complexity index is 302. The van der Waals surface area contributed by atoms with Gasteiger partial charge in [-0.15, -0.1) is 0 Å². The van der Waals surface area contributed by atoms with Gasteiger partial charge in [0.05, 0.1) is 24.7 Å². The molecule has 0 bridgehead atoms. The smallest absolute Gasteiger partial charge is 0.149 e. The van der Waals surface area contributed by atoms with Gasteiger partial charge in [-0.05, 0) is 0 Å². The van der Waals surface area contributed by atoms with Crippen LogP contribution in [0.25, 0.3) is 0 Å². The molecule has 0 N–H and O–H groups in total. The van der Waals surface area contributed by atoms with E-state index in [1.54, 1.807) is 0 Å². The van der Waals surface area contributed by atoms with E-state index in [1.165, 1.54) is 23.4 Å². The maximum absolute atomic E-state index is 10.7. The molecule has 11 heavy (non-hydrogen) atoms. The van der Waals surface area contributed by atoms with Gasteiger partial charge >= 0.3 is 0 Å². The van der Waals surface area contributed by atoms with Gasteiger partial charge in [-0.1, -0.05) is 0 Å². The predicted molar refractivity (Wildman–Crippen MR) is 39.7 cm³/mol. The minimum atomic E-state index is -2.90. The fourth-order valence-corrected chi connectivity index (χ4v) is 1.10. The highest BCUT2D eigenvalue weighted by Gasteiger charge is 2.02. The molecule has 0 aliphatic rings. The molecular weight excluding hydrogens is 166 g/mol. The highest BCUT2D eigenvalue weighted by Crippen LogP contribution is 1.85. The van der Waals surface area contributed by atoms with E-state index < -0.39 is 9.84 Å². The van der Waals surface area contributed by atoms with Crippen molar-refractivity contribution in [2.24, 2.45) is 0 Å². The number of rotatable bonds is 3. The number of nitrogens with zero attached hydrogens (tertiary/aromatic N) is 3. The molecule has 0 aromatic carbocycles. The zero-order chi connectivity index (χ0) is 8.32. The van der Waals surface area contributed by atoms with Gasteiger partial charge in [0.15, 0.2) is 0 Å². The minimum Gasteiger partial charge on any atom is -0.229 e. The summed E-state index contributed by atoms with van der Waals surface area (Å²) in [5.41, 5.74) is 0. The molecule has 0 saturated heterocycles. The molecule has 0 aliphatic carbocycles. The lowest BCUT2D eigenvalue weighted by Crippen LogP contribution is -2.12. The van der Waals surface area contributed by atoms with Crippen LogP contribution in [0.15, 0.2) is 12.4 Å². The quantitative estimate of drug-likeness (QED) is 0.610. The third-order valence-corrected chi connectivity index (χ3v) is 2.05. The van der Waals surface area contributed by atoms with Crippen molar-refractivity contribution in [3.05, 3.63) is 12.4 Å². The summed E-state index contributed by atoms with van der Waals surface area (Å²) in [4.78, 5) is 1.35. The van der Waals surface area contributed by atoms with Gasteiger partial charge in [0.25, 0.3) is 0 Å². The molecule has 0 saturated carbocycles. The normalized spacial score (nSPS) is 11.7. The fraction of sp³-hybridized carbons (Fsp3) is 0.600. The van der Waals surface area contributed by atoms with Crippen LogP contribution < -0.4 is 0 Å². The van der Waals surface area contributed by atoms with E-state index in [2.05, 4.69) is 10.2 Å². The fourth-order valence-electron chi connectivity index (χ4n) is 0.606. The summed E-state index contributed by atoms with van der Waals surface area (Å²) < 4.78 is 21.3. The Kier molecular flexibility index (Phi) is 2.23.